The molecule has 7 heteroatoms. The first-order valence-corrected chi connectivity index (χ1v) is 7.10. The van der Waals surface area contributed by atoms with Crippen molar-refractivity contribution in [2.45, 2.75) is 31.3 Å². The van der Waals surface area contributed by atoms with Gasteiger partial charge in [-0.15, -0.1) is 0 Å². The Bertz CT molecular complexity index is 534. The van der Waals surface area contributed by atoms with Gasteiger partial charge < -0.3 is 9.47 Å². The summed E-state index contributed by atoms with van der Waals surface area (Å²) in [7, 11) is -0.842. The summed E-state index contributed by atoms with van der Waals surface area (Å²) < 4.78 is 34.1. The van der Waals surface area contributed by atoms with Crippen molar-refractivity contribution in [3.63, 3.8) is 0 Å². The minimum absolute atomic E-state index is 0.0365. The van der Waals surface area contributed by atoms with E-state index in [1.165, 1.54) is 32.4 Å². The predicted octanol–water partition coefficient (Wildman–Crippen LogP) is 1.71. The molecule has 0 saturated carbocycles. The van der Waals surface area contributed by atoms with E-state index >= 15 is 0 Å². The Morgan fingerprint density at radius 2 is 1.63 bits per heavy atom. The number of rotatable bonds is 5. The molecule has 0 aliphatic heterocycles. The number of benzene rings is 1. The zero-order valence-corrected chi connectivity index (χ0v) is 12.5. The molecule has 1 N–H and O–H groups in total. The molecule has 0 saturated heterocycles. The number of hydrogen-bond acceptors (Lipinski definition) is 5. The fraction of sp³-hybridized carbons (Fsp3) is 0.500. The van der Waals surface area contributed by atoms with E-state index in [0.717, 1.165) is 0 Å². The lowest BCUT2D eigenvalue weighted by atomic mass is 10.2. The van der Waals surface area contributed by atoms with E-state index in [-0.39, 0.29) is 4.90 Å². The van der Waals surface area contributed by atoms with Crippen LogP contribution >= 0.6 is 0 Å². The lowest BCUT2D eigenvalue weighted by Gasteiger charge is -2.19. The fourth-order valence-electron chi connectivity index (χ4n) is 1.21. The van der Waals surface area contributed by atoms with Gasteiger partial charge in [0.1, 0.15) is 0 Å². The molecule has 0 radical (unpaired) electrons. The van der Waals surface area contributed by atoms with Crippen LogP contribution in [0.15, 0.2) is 23.1 Å². The molecular weight excluding hydrogens is 270 g/mol. The van der Waals surface area contributed by atoms with Crippen molar-refractivity contribution in [3.05, 3.63) is 18.2 Å². The molecule has 0 fully saturated rings. The summed E-state index contributed by atoms with van der Waals surface area (Å²) in [5, 5.41) is 0. The van der Waals surface area contributed by atoms with Crippen LogP contribution in [0.25, 0.3) is 0 Å². The summed E-state index contributed by atoms with van der Waals surface area (Å²) in [4.78, 5) is 7.18. The van der Waals surface area contributed by atoms with Crippen LogP contribution in [0.1, 0.15) is 20.8 Å². The topological polar surface area (TPSA) is 73.9 Å². The summed E-state index contributed by atoms with van der Waals surface area (Å²) in [6.07, 6.45) is 0. The molecule has 1 aromatic rings. The maximum Gasteiger partial charge on any atom is 0.262 e. The minimum atomic E-state index is -3.76. The van der Waals surface area contributed by atoms with E-state index in [9.17, 15) is 8.42 Å². The number of ether oxygens (including phenoxy) is 2. The third-order valence-electron chi connectivity index (χ3n) is 2.12. The summed E-state index contributed by atoms with van der Waals surface area (Å²) in [5.74, 6) is 0.791. The first kappa shape index (κ1) is 15.7. The summed E-state index contributed by atoms with van der Waals surface area (Å²) in [6, 6.07) is 4.30. The molecule has 1 rings (SSSR count). The van der Waals surface area contributed by atoms with E-state index in [0.29, 0.717) is 11.5 Å². The van der Waals surface area contributed by atoms with Crippen LogP contribution in [-0.2, 0) is 14.9 Å². The van der Waals surface area contributed by atoms with Crippen molar-refractivity contribution in [3.8, 4) is 11.5 Å². The standard InChI is InChI=1S/C12H19NO5S/c1-12(2,3)18-13-19(14,15)9-6-7-10(16-4)11(8-9)17-5/h6-8,13H,1-5H3. The molecule has 108 valence electrons. The Kier molecular flexibility index (Phi) is 4.78. The number of methoxy groups -OCH3 is 2. The largest absolute Gasteiger partial charge is 0.493 e. The van der Waals surface area contributed by atoms with Gasteiger partial charge in [0.25, 0.3) is 10.0 Å². The van der Waals surface area contributed by atoms with Gasteiger partial charge in [-0.1, -0.05) is 4.89 Å². The molecule has 0 aliphatic carbocycles. The Morgan fingerprint density at radius 3 is 2.11 bits per heavy atom. The first-order valence-electron chi connectivity index (χ1n) is 5.61. The van der Waals surface area contributed by atoms with Crippen molar-refractivity contribution in [2.24, 2.45) is 0 Å². The minimum Gasteiger partial charge on any atom is -0.493 e. The van der Waals surface area contributed by atoms with Crippen molar-refractivity contribution in [1.82, 2.24) is 4.89 Å². The molecular formula is C12H19NO5S. The van der Waals surface area contributed by atoms with E-state index < -0.39 is 15.6 Å². The quantitative estimate of drug-likeness (QED) is 0.835. The van der Waals surface area contributed by atoms with E-state index in [4.69, 9.17) is 14.3 Å². The van der Waals surface area contributed by atoms with Crippen LogP contribution in [0.3, 0.4) is 0 Å². The molecule has 0 spiro atoms. The van der Waals surface area contributed by atoms with Gasteiger partial charge in [-0.25, -0.2) is 8.42 Å². The lowest BCUT2D eigenvalue weighted by Crippen LogP contribution is -2.33. The smallest absolute Gasteiger partial charge is 0.262 e. The highest BCUT2D eigenvalue weighted by Crippen LogP contribution is 2.29. The highest BCUT2D eigenvalue weighted by molar-refractivity contribution is 7.89. The SMILES string of the molecule is COc1ccc(S(=O)(=O)NOC(C)(C)C)cc1OC. The summed E-state index contributed by atoms with van der Waals surface area (Å²) in [6.45, 7) is 5.22. The molecule has 0 bridgehead atoms. The van der Waals surface area contributed by atoms with Crippen LogP contribution in [0.2, 0.25) is 0 Å². The number of nitrogens with one attached hydrogen (secondary N) is 1. The summed E-state index contributed by atoms with van der Waals surface area (Å²) in [5.41, 5.74) is -0.621. The Hall–Kier alpha value is -1.31. The monoisotopic (exact) mass is 289 g/mol. The van der Waals surface area contributed by atoms with Gasteiger partial charge in [-0.2, -0.15) is 0 Å². The third kappa shape index (κ3) is 4.38. The zero-order chi connectivity index (χ0) is 14.7. The molecule has 0 aromatic heterocycles. The molecule has 6 nitrogen and oxygen atoms in total. The highest BCUT2D eigenvalue weighted by Gasteiger charge is 2.20. The number of sulfonamides is 1. The molecule has 1 aromatic carbocycles. The zero-order valence-electron chi connectivity index (χ0n) is 11.7. The van der Waals surface area contributed by atoms with Crippen LogP contribution in [0.5, 0.6) is 11.5 Å². The van der Waals surface area contributed by atoms with Crippen molar-refractivity contribution < 1.29 is 22.7 Å². The highest BCUT2D eigenvalue weighted by atomic mass is 32.2. The van der Waals surface area contributed by atoms with Gasteiger partial charge in [0.05, 0.1) is 24.7 Å². The molecule has 0 atom stereocenters. The van der Waals surface area contributed by atoms with Crippen molar-refractivity contribution >= 4 is 10.0 Å². The fourth-order valence-corrected chi connectivity index (χ4v) is 2.18. The van der Waals surface area contributed by atoms with Crippen molar-refractivity contribution in [2.75, 3.05) is 14.2 Å². The third-order valence-corrected chi connectivity index (χ3v) is 3.30. The second kappa shape index (κ2) is 5.77. The molecule has 0 amide bonds. The second-order valence-electron chi connectivity index (χ2n) is 4.82. The molecule has 0 unspecified atom stereocenters. The van der Waals surface area contributed by atoms with Gasteiger partial charge in [-0.3, -0.25) is 4.84 Å². The van der Waals surface area contributed by atoms with Crippen LogP contribution in [0.4, 0.5) is 0 Å². The average molecular weight is 289 g/mol. The van der Waals surface area contributed by atoms with E-state index in [1.54, 1.807) is 20.8 Å². The predicted molar refractivity (Wildman–Crippen MR) is 70.7 cm³/mol. The molecule has 19 heavy (non-hydrogen) atoms. The van der Waals surface area contributed by atoms with E-state index in [1.807, 2.05) is 0 Å². The number of hydrogen-bond donors (Lipinski definition) is 1. The van der Waals surface area contributed by atoms with Gasteiger partial charge in [0.15, 0.2) is 11.5 Å². The Morgan fingerprint density at radius 1 is 1.05 bits per heavy atom. The first-order chi connectivity index (χ1) is 8.69. The van der Waals surface area contributed by atoms with Crippen LogP contribution in [-0.4, -0.2) is 28.2 Å². The Labute approximate surface area is 113 Å². The molecule has 0 aliphatic rings. The maximum atomic E-state index is 12.0. The lowest BCUT2D eigenvalue weighted by molar-refractivity contribution is -0.0357. The van der Waals surface area contributed by atoms with E-state index in [2.05, 4.69) is 4.89 Å². The van der Waals surface area contributed by atoms with Crippen LogP contribution in [0, 0.1) is 0 Å². The van der Waals surface area contributed by atoms with Gasteiger partial charge in [0.2, 0.25) is 0 Å². The van der Waals surface area contributed by atoms with Gasteiger partial charge in [0, 0.05) is 6.07 Å². The van der Waals surface area contributed by atoms with Gasteiger partial charge >= 0.3 is 0 Å². The normalized spacial score (nSPS) is 12.3. The second-order valence-corrected chi connectivity index (χ2v) is 6.46. The molecule has 0 heterocycles. The van der Waals surface area contributed by atoms with Crippen molar-refractivity contribution in [1.29, 1.82) is 0 Å². The average Bonchev–Trinajstić information content (AvgIpc) is 2.35. The Balaban J connectivity index is 3.02. The van der Waals surface area contributed by atoms with Crippen LogP contribution < -0.4 is 14.4 Å². The summed E-state index contributed by atoms with van der Waals surface area (Å²) >= 11 is 0. The van der Waals surface area contributed by atoms with Gasteiger partial charge in [-0.05, 0) is 32.9 Å². The maximum absolute atomic E-state index is 12.0.